The maximum atomic E-state index is 11.3. The Bertz CT molecular complexity index is 229. The fourth-order valence-corrected chi connectivity index (χ4v) is 2.14. The molecule has 0 aromatic carbocycles. The summed E-state index contributed by atoms with van der Waals surface area (Å²) in [5, 5.41) is 16.2. The summed E-state index contributed by atoms with van der Waals surface area (Å²) in [5.41, 5.74) is -0.655. The van der Waals surface area contributed by atoms with Crippen LogP contribution in [0.5, 0.6) is 0 Å². The topological polar surface area (TPSA) is 61.4 Å². The van der Waals surface area contributed by atoms with Crippen molar-refractivity contribution < 1.29 is 9.90 Å². The van der Waals surface area contributed by atoms with Crippen molar-refractivity contribution in [2.75, 3.05) is 13.1 Å². The molecule has 1 amide bonds. The van der Waals surface area contributed by atoms with Crippen LogP contribution in [0, 0.1) is 0 Å². The van der Waals surface area contributed by atoms with E-state index in [1.54, 1.807) is 0 Å². The first-order valence-corrected chi connectivity index (χ1v) is 6.26. The van der Waals surface area contributed by atoms with Gasteiger partial charge in [0.1, 0.15) is 0 Å². The molecule has 16 heavy (non-hydrogen) atoms. The van der Waals surface area contributed by atoms with E-state index in [-0.39, 0.29) is 11.9 Å². The summed E-state index contributed by atoms with van der Waals surface area (Å²) in [7, 11) is 0. The second-order valence-corrected chi connectivity index (χ2v) is 5.02. The Labute approximate surface area is 97.8 Å². The van der Waals surface area contributed by atoms with E-state index in [0.29, 0.717) is 13.0 Å². The molecule has 1 rings (SSSR count). The standard InChI is InChI=1S/C12H24N2O2/c1-3-6-12(2,16)9-14-10-5-4-7-13-11(15)8-10/h10,14,16H,3-9H2,1-2H3,(H,13,15). The molecular weight excluding hydrogens is 204 g/mol. The number of hydrogen-bond donors (Lipinski definition) is 3. The molecule has 0 aliphatic carbocycles. The molecule has 0 radical (unpaired) electrons. The molecule has 3 N–H and O–H groups in total. The minimum Gasteiger partial charge on any atom is -0.389 e. The van der Waals surface area contributed by atoms with Gasteiger partial charge in [0.2, 0.25) is 5.91 Å². The fourth-order valence-electron chi connectivity index (χ4n) is 2.14. The monoisotopic (exact) mass is 228 g/mol. The molecule has 1 aliphatic rings. The first-order chi connectivity index (χ1) is 7.53. The molecule has 0 aromatic rings. The van der Waals surface area contributed by atoms with Crippen LogP contribution in [-0.4, -0.2) is 35.7 Å². The fraction of sp³-hybridized carbons (Fsp3) is 0.917. The van der Waals surface area contributed by atoms with Crippen molar-refractivity contribution in [1.82, 2.24) is 10.6 Å². The maximum Gasteiger partial charge on any atom is 0.221 e. The summed E-state index contributed by atoms with van der Waals surface area (Å²) >= 11 is 0. The SMILES string of the molecule is CCCC(C)(O)CNC1CCCNC(=O)C1. The number of hydrogen-bond acceptors (Lipinski definition) is 3. The quantitative estimate of drug-likeness (QED) is 0.652. The number of carbonyl (C=O) groups excluding carboxylic acids is 1. The Hall–Kier alpha value is -0.610. The average molecular weight is 228 g/mol. The van der Waals surface area contributed by atoms with E-state index in [0.717, 1.165) is 32.2 Å². The van der Waals surface area contributed by atoms with Crippen LogP contribution in [0.4, 0.5) is 0 Å². The molecule has 0 bridgehead atoms. The molecule has 2 unspecified atom stereocenters. The summed E-state index contributed by atoms with van der Waals surface area (Å²) in [6, 6.07) is 0.214. The van der Waals surface area contributed by atoms with E-state index in [1.807, 2.05) is 6.92 Å². The van der Waals surface area contributed by atoms with Gasteiger partial charge < -0.3 is 15.7 Å². The van der Waals surface area contributed by atoms with Crippen molar-refractivity contribution in [3.05, 3.63) is 0 Å². The summed E-state index contributed by atoms with van der Waals surface area (Å²) < 4.78 is 0. The van der Waals surface area contributed by atoms with Crippen molar-refractivity contribution >= 4 is 5.91 Å². The van der Waals surface area contributed by atoms with Crippen molar-refractivity contribution in [3.8, 4) is 0 Å². The predicted octanol–water partition coefficient (Wildman–Crippen LogP) is 0.796. The summed E-state index contributed by atoms with van der Waals surface area (Å²) in [5.74, 6) is 0.116. The molecule has 0 saturated carbocycles. The van der Waals surface area contributed by atoms with E-state index < -0.39 is 5.60 Å². The number of carbonyl (C=O) groups is 1. The van der Waals surface area contributed by atoms with Crippen molar-refractivity contribution in [3.63, 3.8) is 0 Å². The maximum absolute atomic E-state index is 11.3. The second-order valence-electron chi connectivity index (χ2n) is 5.02. The lowest BCUT2D eigenvalue weighted by atomic mass is 9.99. The van der Waals surface area contributed by atoms with Gasteiger partial charge in [0.15, 0.2) is 0 Å². The number of aliphatic hydroxyl groups is 1. The molecule has 94 valence electrons. The van der Waals surface area contributed by atoms with E-state index in [2.05, 4.69) is 17.6 Å². The zero-order valence-corrected chi connectivity index (χ0v) is 10.4. The smallest absolute Gasteiger partial charge is 0.221 e. The molecule has 1 saturated heterocycles. The Kier molecular flexibility index (Phi) is 5.22. The van der Waals surface area contributed by atoms with Crippen LogP contribution in [0.2, 0.25) is 0 Å². The van der Waals surface area contributed by atoms with Crippen LogP contribution >= 0.6 is 0 Å². The molecule has 1 aliphatic heterocycles. The van der Waals surface area contributed by atoms with Crippen LogP contribution in [0.3, 0.4) is 0 Å². The Morgan fingerprint density at radius 2 is 2.38 bits per heavy atom. The third-order valence-corrected chi connectivity index (χ3v) is 3.04. The van der Waals surface area contributed by atoms with Gasteiger partial charge in [-0.25, -0.2) is 0 Å². The normalized spacial score (nSPS) is 25.7. The zero-order valence-electron chi connectivity index (χ0n) is 10.4. The van der Waals surface area contributed by atoms with Crippen molar-refractivity contribution in [2.24, 2.45) is 0 Å². The molecule has 0 spiro atoms. The minimum atomic E-state index is -0.655. The highest BCUT2D eigenvalue weighted by Gasteiger charge is 2.22. The largest absolute Gasteiger partial charge is 0.389 e. The molecule has 1 fully saturated rings. The van der Waals surface area contributed by atoms with Gasteiger partial charge in [-0.2, -0.15) is 0 Å². The summed E-state index contributed by atoms with van der Waals surface area (Å²) in [4.78, 5) is 11.3. The molecular formula is C12H24N2O2. The van der Waals surface area contributed by atoms with E-state index in [1.165, 1.54) is 0 Å². The van der Waals surface area contributed by atoms with Gasteiger partial charge in [-0.3, -0.25) is 4.79 Å². The number of nitrogens with one attached hydrogen (secondary N) is 2. The first kappa shape index (κ1) is 13.5. The number of amides is 1. The first-order valence-electron chi connectivity index (χ1n) is 6.26. The molecule has 2 atom stereocenters. The van der Waals surface area contributed by atoms with Crippen LogP contribution in [-0.2, 0) is 4.79 Å². The zero-order chi connectivity index (χ0) is 12.0. The van der Waals surface area contributed by atoms with Gasteiger partial charge in [0.05, 0.1) is 5.60 Å². The molecule has 4 nitrogen and oxygen atoms in total. The lowest BCUT2D eigenvalue weighted by molar-refractivity contribution is -0.121. The summed E-state index contributed by atoms with van der Waals surface area (Å²) in [6.45, 7) is 5.26. The van der Waals surface area contributed by atoms with Crippen LogP contribution < -0.4 is 10.6 Å². The third-order valence-electron chi connectivity index (χ3n) is 3.04. The highest BCUT2D eigenvalue weighted by molar-refractivity contribution is 5.76. The Balaban J connectivity index is 2.32. The van der Waals surface area contributed by atoms with E-state index >= 15 is 0 Å². The van der Waals surface area contributed by atoms with Crippen LogP contribution in [0.25, 0.3) is 0 Å². The highest BCUT2D eigenvalue weighted by Crippen LogP contribution is 2.12. The Morgan fingerprint density at radius 3 is 3.06 bits per heavy atom. The Morgan fingerprint density at radius 1 is 1.62 bits per heavy atom. The van der Waals surface area contributed by atoms with Gasteiger partial charge in [0.25, 0.3) is 0 Å². The molecule has 0 aromatic heterocycles. The van der Waals surface area contributed by atoms with Crippen LogP contribution in [0.15, 0.2) is 0 Å². The number of rotatable bonds is 5. The lowest BCUT2D eigenvalue weighted by Crippen LogP contribution is -2.43. The van der Waals surface area contributed by atoms with Gasteiger partial charge in [-0.1, -0.05) is 13.3 Å². The molecule has 1 heterocycles. The second kappa shape index (κ2) is 6.21. The van der Waals surface area contributed by atoms with Crippen molar-refractivity contribution in [2.45, 2.75) is 57.6 Å². The van der Waals surface area contributed by atoms with E-state index in [4.69, 9.17) is 0 Å². The van der Waals surface area contributed by atoms with E-state index in [9.17, 15) is 9.90 Å². The molecule has 4 heteroatoms. The van der Waals surface area contributed by atoms with Crippen molar-refractivity contribution in [1.29, 1.82) is 0 Å². The highest BCUT2D eigenvalue weighted by atomic mass is 16.3. The van der Waals surface area contributed by atoms with Gasteiger partial charge >= 0.3 is 0 Å². The van der Waals surface area contributed by atoms with Crippen LogP contribution in [0.1, 0.15) is 46.0 Å². The third kappa shape index (κ3) is 4.94. The lowest BCUT2D eigenvalue weighted by Gasteiger charge is -2.26. The predicted molar refractivity (Wildman–Crippen MR) is 64.2 cm³/mol. The van der Waals surface area contributed by atoms with Gasteiger partial charge in [0, 0.05) is 25.6 Å². The van der Waals surface area contributed by atoms with Gasteiger partial charge in [-0.05, 0) is 26.2 Å². The average Bonchev–Trinajstić information content (AvgIpc) is 2.40. The van der Waals surface area contributed by atoms with Gasteiger partial charge in [-0.15, -0.1) is 0 Å². The summed E-state index contributed by atoms with van der Waals surface area (Å²) in [6.07, 6.45) is 4.31. The minimum absolute atomic E-state index is 0.116.